The van der Waals surface area contributed by atoms with Gasteiger partial charge in [0.2, 0.25) is 0 Å². The second-order valence-corrected chi connectivity index (χ2v) is 5.84. The molecule has 0 saturated heterocycles. The Morgan fingerprint density at radius 2 is 1.90 bits per heavy atom. The third-order valence-electron chi connectivity index (χ3n) is 3.34. The Kier molecular flexibility index (Phi) is 3.86. The van der Waals surface area contributed by atoms with E-state index in [1.807, 2.05) is 31.2 Å². The summed E-state index contributed by atoms with van der Waals surface area (Å²) < 4.78 is 0. The lowest BCUT2D eigenvalue weighted by atomic mass is 10.1. The van der Waals surface area contributed by atoms with Crippen molar-refractivity contribution in [2.45, 2.75) is 30.4 Å². The molecule has 0 amide bonds. The van der Waals surface area contributed by atoms with Gasteiger partial charge in [-0.2, -0.15) is 0 Å². The van der Waals surface area contributed by atoms with Crippen LogP contribution in [0.15, 0.2) is 46.7 Å². The maximum Gasteiger partial charge on any atom is 0.117 e. The van der Waals surface area contributed by atoms with Crippen molar-refractivity contribution in [2.24, 2.45) is 5.73 Å². The van der Waals surface area contributed by atoms with Gasteiger partial charge in [-0.3, -0.25) is 0 Å². The van der Waals surface area contributed by atoms with Crippen molar-refractivity contribution in [1.82, 2.24) is 15.0 Å². The zero-order valence-electron chi connectivity index (χ0n) is 12.0. The maximum absolute atomic E-state index is 5.88. The monoisotopic (exact) mass is 296 g/mol. The van der Waals surface area contributed by atoms with E-state index in [0.29, 0.717) is 6.54 Å². The van der Waals surface area contributed by atoms with Crippen LogP contribution in [0.5, 0.6) is 0 Å². The molecular weight excluding hydrogens is 280 g/mol. The van der Waals surface area contributed by atoms with E-state index in [2.05, 4.69) is 27.9 Å². The average Bonchev–Trinajstić information content (AvgIpc) is 2.47. The molecule has 0 saturated carbocycles. The Labute approximate surface area is 127 Å². The van der Waals surface area contributed by atoms with Gasteiger partial charge < -0.3 is 5.73 Å². The lowest BCUT2D eigenvalue weighted by Crippen LogP contribution is -2.04. The molecule has 0 aliphatic heterocycles. The molecule has 0 unspecified atom stereocenters. The van der Waals surface area contributed by atoms with Crippen molar-refractivity contribution in [1.29, 1.82) is 0 Å². The second-order valence-electron chi connectivity index (χ2n) is 4.87. The van der Waals surface area contributed by atoms with Gasteiger partial charge in [-0.15, -0.1) is 0 Å². The average molecular weight is 296 g/mol. The number of aryl methyl sites for hydroxylation is 2. The molecule has 3 rings (SSSR count). The van der Waals surface area contributed by atoms with Gasteiger partial charge in [0.15, 0.2) is 0 Å². The Morgan fingerprint density at radius 1 is 1.10 bits per heavy atom. The Hall–Kier alpha value is -1.98. The Morgan fingerprint density at radius 3 is 2.71 bits per heavy atom. The fraction of sp³-hybridized carbons (Fsp3) is 0.188. The first-order valence-corrected chi connectivity index (χ1v) is 7.55. The van der Waals surface area contributed by atoms with Crippen LogP contribution in [0.25, 0.3) is 10.9 Å². The number of pyridine rings is 1. The quantitative estimate of drug-likeness (QED) is 0.752. The number of fused-ring (bicyclic) bond motifs is 1. The van der Waals surface area contributed by atoms with Crippen LogP contribution < -0.4 is 5.73 Å². The van der Waals surface area contributed by atoms with Crippen molar-refractivity contribution in [3.63, 3.8) is 0 Å². The van der Waals surface area contributed by atoms with Crippen LogP contribution in [0.2, 0.25) is 0 Å². The molecule has 4 nitrogen and oxygen atoms in total. The molecule has 0 aliphatic rings. The van der Waals surface area contributed by atoms with Gasteiger partial charge in [0.1, 0.15) is 16.4 Å². The number of hydrogen-bond acceptors (Lipinski definition) is 5. The van der Waals surface area contributed by atoms with Gasteiger partial charge in [0.05, 0.1) is 5.52 Å². The highest BCUT2D eigenvalue weighted by Crippen LogP contribution is 2.33. The molecular formula is C16H16N4S. The molecule has 2 N–H and O–H groups in total. The lowest BCUT2D eigenvalue weighted by molar-refractivity contribution is 0.920. The van der Waals surface area contributed by atoms with E-state index in [1.165, 1.54) is 5.56 Å². The van der Waals surface area contributed by atoms with Crippen molar-refractivity contribution in [2.75, 3.05) is 0 Å². The molecule has 0 spiro atoms. The number of benzene rings is 1. The molecule has 3 aromatic rings. The first-order chi connectivity index (χ1) is 10.2. The van der Waals surface area contributed by atoms with Crippen molar-refractivity contribution in [3.8, 4) is 0 Å². The summed E-state index contributed by atoms with van der Waals surface area (Å²) in [7, 11) is 0. The first-order valence-electron chi connectivity index (χ1n) is 6.74. The van der Waals surface area contributed by atoms with Crippen LogP contribution in [0, 0.1) is 13.8 Å². The summed E-state index contributed by atoms with van der Waals surface area (Å²) in [5.41, 5.74) is 10.1. The Bertz CT molecular complexity index is 796. The number of para-hydroxylation sites is 1. The predicted molar refractivity (Wildman–Crippen MR) is 85.3 cm³/mol. The number of nitrogens with two attached hydrogens (primary N) is 1. The number of aromatic nitrogens is 3. The molecule has 0 radical (unpaired) electrons. The van der Waals surface area contributed by atoms with Gasteiger partial charge in [0, 0.05) is 23.2 Å². The first kappa shape index (κ1) is 14.0. The molecule has 21 heavy (non-hydrogen) atoms. The van der Waals surface area contributed by atoms with Crippen LogP contribution in [0.3, 0.4) is 0 Å². The van der Waals surface area contributed by atoms with Crippen LogP contribution >= 0.6 is 11.8 Å². The van der Waals surface area contributed by atoms with E-state index in [0.717, 1.165) is 32.2 Å². The molecule has 0 bridgehead atoms. The minimum Gasteiger partial charge on any atom is -0.326 e. The highest BCUT2D eigenvalue weighted by atomic mass is 32.2. The molecule has 0 aliphatic carbocycles. The van der Waals surface area contributed by atoms with Gasteiger partial charge in [0.25, 0.3) is 0 Å². The maximum atomic E-state index is 5.88. The van der Waals surface area contributed by atoms with E-state index in [-0.39, 0.29) is 0 Å². The molecule has 1 aromatic carbocycles. The zero-order chi connectivity index (χ0) is 14.8. The lowest BCUT2D eigenvalue weighted by Gasteiger charge is -2.11. The van der Waals surface area contributed by atoms with Gasteiger partial charge in [-0.1, -0.05) is 18.2 Å². The third kappa shape index (κ3) is 2.75. The van der Waals surface area contributed by atoms with E-state index in [1.54, 1.807) is 18.1 Å². The molecule has 0 fully saturated rings. The summed E-state index contributed by atoms with van der Waals surface area (Å²) in [5.74, 6) is 0. The second kappa shape index (κ2) is 5.79. The zero-order valence-corrected chi connectivity index (χ0v) is 12.8. The topological polar surface area (TPSA) is 64.7 Å². The van der Waals surface area contributed by atoms with Crippen LogP contribution in [0.4, 0.5) is 0 Å². The van der Waals surface area contributed by atoms with Crippen LogP contribution in [0.1, 0.15) is 16.8 Å². The van der Waals surface area contributed by atoms with E-state index in [9.17, 15) is 0 Å². The van der Waals surface area contributed by atoms with Crippen LogP contribution in [-0.4, -0.2) is 15.0 Å². The van der Waals surface area contributed by atoms with Gasteiger partial charge >= 0.3 is 0 Å². The van der Waals surface area contributed by atoms with E-state index < -0.39 is 0 Å². The van der Waals surface area contributed by atoms with Crippen LogP contribution in [-0.2, 0) is 6.54 Å². The summed E-state index contributed by atoms with van der Waals surface area (Å²) >= 11 is 1.55. The molecule has 5 heteroatoms. The summed E-state index contributed by atoms with van der Waals surface area (Å²) in [6.07, 6.45) is 1.59. The smallest absolute Gasteiger partial charge is 0.117 e. The highest BCUT2D eigenvalue weighted by Gasteiger charge is 2.12. The van der Waals surface area contributed by atoms with Crippen molar-refractivity contribution >= 4 is 22.7 Å². The van der Waals surface area contributed by atoms with Crippen molar-refractivity contribution < 1.29 is 0 Å². The third-order valence-corrected chi connectivity index (χ3v) is 4.39. The fourth-order valence-corrected chi connectivity index (χ4v) is 3.44. The minimum atomic E-state index is 0.477. The predicted octanol–water partition coefficient (Wildman–Crippen LogP) is 3.25. The highest BCUT2D eigenvalue weighted by molar-refractivity contribution is 7.99. The molecule has 0 atom stereocenters. The fourth-order valence-electron chi connectivity index (χ4n) is 2.31. The van der Waals surface area contributed by atoms with Gasteiger partial charge in [-0.05, 0) is 43.3 Å². The molecule has 106 valence electrons. The van der Waals surface area contributed by atoms with Crippen molar-refractivity contribution in [3.05, 3.63) is 53.5 Å². The standard InChI is InChI=1S/C16H16N4S/c1-10-7-11(2)20-16(13(10)8-17)21-15-12-5-3-4-6-14(12)18-9-19-15/h3-7,9H,8,17H2,1-2H3. The van der Waals surface area contributed by atoms with Gasteiger partial charge in [-0.25, -0.2) is 15.0 Å². The summed E-state index contributed by atoms with van der Waals surface area (Å²) in [6, 6.07) is 10.0. The largest absolute Gasteiger partial charge is 0.326 e. The Balaban J connectivity index is 2.11. The van der Waals surface area contributed by atoms with E-state index >= 15 is 0 Å². The number of hydrogen-bond donors (Lipinski definition) is 1. The van der Waals surface area contributed by atoms with E-state index in [4.69, 9.17) is 5.73 Å². The number of nitrogens with zero attached hydrogens (tertiary/aromatic N) is 3. The minimum absolute atomic E-state index is 0.477. The SMILES string of the molecule is Cc1cc(C)c(CN)c(Sc2ncnc3ccccc23)n1. The summed E-state index contributed by atoms with van der Waals surface area (Å²) in [6.45, 7) is 4.54. The summed E-state index contributed by atoms with van der Waals surface area (Å²) in [4.78, 5) is 13.3. The normalized spacial score (nSPS) is 11.0. The molecule has 2 heterocycles. The summed E-state index contributed by atoms with van der Waals surface area (Å²) in [5, 5.41) is 2.88. The number of rotatable bonds is 3. The molecule has 2 aromatic heterocycles.